The average Bonchev–Trinajstić information content (AvgIpc) is 3.28. The molecule has 1 atom stereocenters. The van der Waals surface area contributed by atoms with Crippen molar-refractivity contribution in [2.24, 2.45) is 7.05 Å². The average molecular weight is 402 g/mol. The Labute approximate surface area is 165 Å². The van der Waals surface area contributed by atoms with Gasteiger partial charge in [0.15, 0.2) is 5.69 Å². The summed E-state index contributed by atoms with van der Waals surface area (Å²) < 4.78 is 28.4. The quantitative estimate of drug-likeness (QED) is 0.661. The lowest BCUT2D eigenvalue weighted by Crippen LogP contribution is -2.25. The van der Waals surface area contributed by atoms with Crippen molar-refractivity contribution in [2.45, 2.75) is 26.3 Å². The number of rotatable bonds is 6. The van der Waals surface area contributed by atoms with Crippen molar-refractivity contribution in [1.82, 2.24) is 19.6 Å². The molecule has 2 aromatic heterocycles. The van der Waals surface area contributed by atoms with Gasteiger partial charge in [0.25, 0.3) is 12.3 Å². The molecule has 0 spiro atoms. The van der Waals surface area contributed by atoms with Crippen LogP contribution >= 0.6 is 0 Å². The number of nitrogens with one attached hydrogen (secondary N) is 2. The number of benzene rings is 1. The maximum atomic E-state index is 12.8. The Morgan fingerprint density at radius 3 is 2.17 bits per heavy atom. The van der Waals surface area contributed by atoms with Crippen molar-refractivity contribution in [3.8, 4) is 0 Å². The highest BCUT2D eigenvalue weighted by molar-refractivity contribution is 6.03. The molecule has 0 radical (unpaired) electrons. The summed E-state index contributed by atoms with van der Waals surface area (Å²) in [6.45, 7) is 3.19. The fourth-order valence-corrected chi connectivity index (χ4v) is 2.74. The van der Waals surface area contributed by atoms with E-state index in [1.54, 1.807) is 57.4 Å². The van der Waals surface area contributed by atoms with Gasteiger partial charge in [-0.2, -0.15) is 10.2 Å². The minimum Gasteiger partial charge on any atom is -0.324 e. The second-order valence-electron chi connectivity index (χ2n) is 6.53. The molecule has 10 heteroatoms. The molecule has 1 unspecified atom stereocenters. The summed E-state index contributed by atoms with van der Waals surface area (Å²) in [7, 11) is 1.72. The zero-order valence-electron chi connectivity index (χ0n) is 16.1. The zero-order valence-corrected chi connectivity index (χ0v) is 16.1. The maximum absolute atomic E-state index is 12.8. The van der Waals surface area contributed by atoms with Gasteiger partial charge in [0, 0.05) is 30.3 Å². The Morgan fingerprint density at radius 2 is 1.66 bits per heavy atom. The Kier molecular flexibility index (Phi) is 5.71. The summed E-state index contributed by atoms with van der Waals surface area (Å²) in [6.07, 6.45) is -1.03. The lowest BCUT2D eigenvalue weighted by atomic mass is 10.2. The first kappa shape index (κ1) is 20.2. The third-order valence-corrected chi connectivity index (χ3v) is 4.27. The molecule has 3 rings (SSSR count). The van der Waals surface area contributed by atoms with Crippen molar-refractivity contribution in [3.63, 3.8) is 0 Å². The number of nitrogens with zero attached hydrogens (tertiary/aromatic N) is 4. The Bertz CT molecular complexity index is 1030. The number of anilines is 2. The highest BCUT2D eigenvalue weighted by Gasteiger charge is 2.21. The first-order valence-electron chi connectivity index (χ1n) is 8.80. The molecule has 2 heterocycles. The predicted octanol–water partition coefficient (Wildman–Crippen LogP) is 3.31. The van der Waals surface area contributed by atoms with Crippen LogP contribution in [0.25, 0.3) is 0 Å². The second kappa shape index (κ2) is 8.21. The first-order valence-corrected chi connectivity index (χ1v) is 8.80. The molecule has 1 aromatic carbocycles. The van der Waals surface area contributed by atoms with Gasteiger partial charge in [-0.3, -0.25) is 19.0 Å². The van der Waals surface area contributed by atoms with E-state index in [4.69, 9.17) is 0 Å². The largest absolute Gasteiger partial charge is 0.324 e. The molecular weight excluding hydrogens is 382 g/mol. The van der Waals surface area contributed by atoms with Gasteiger partial charge in [-0.05, 0) is 50.2 Å². The summed E-state index contributed by atoms with van der Waals surface area (Å²) in [5.41, 5.74) is 1.43. The molecule has 152 valence electrons. The highest BCUT2D eigenvalue weighted by Crippen LogP contribution is 2.21. The Morgan fingerprint density at radius 1 is 1.03 bits per heavy atom. The van der Waals surface area contributed by atoms with Crippen LogP contribution in [0.4, 0.5) is 20.2 Å². The molecule has 0 fully saturated rings. The van der Waals surface area contributed by atoms with Crippen molar-refractivity contribution < 1.29 is 18.4 Å². The molecule has 0 aliphatic carbocycles. The Hall–Kier alpha value is -3.56. The van der Waals surface area contributed by atoms with Crippen LogP contribution in [0.5, 0.6) is 0 Å². The molecule has 2 N–H and O–H groups in total. The topological polar surface area (TPSA) is 93.8 Å². The van der Waals surface area contributed by atoms with E-state index in [-0.39, 0.29) is 17.3 Å². The second-order valence-corrected chi connectivity index (χ2v) is 6.53. The maximum Gasteiger partial charge on any atom is 0.282 e. The number of hydrogen-bond acceptors (Lipinski definition) is 4. The number of amides is 2. The lowest BCUT2D eigenvalue weighted by Gasteiger charge is -2.15. The van der Waals surface area contributed by atoms with Crippen molar-refractivity contribution in [2.75, 3.05) is 10.6 Å². The van der Waals surface area contributed by atoms with Gasteiger partial charge >= 0.3 is 0 Å². The molecule has 0 saturated heterocycles. The van der Waals surface area contributed by atoms with Crippen molar-refractivity contribution in [1.29, 1.82) is 0 Å². The van der Waals surface area contributed by atoms with E-state index < -0.39 is 18.4 Å². The van der Waals surface area contributed by atoms with E-state index in [0.717, 1.165) is 0 Å². The van der Waals surface area contributed by atoms with Crippen molar-refractivity contribution in [3.05, 3.63) is 59.7 Å². The molecule has 0 saturated carbocycles. The van der Waals surface area contributed by atoms with Gasteiger partial charge in [0.2, 0.25) is 5.91 Å². The van der Waals surface area contributed by atoms with E-state index in [9.17, 15) is 18.4 Å². The van der Waals surface area contributed by atoms with Crippen LogP contribution in [-0.2, 0) is 11.8 Å². The Balaban J connectivity index is 1.63. The van der Waals surface area contributed by atoms with E-state index in [1.165, 1.54) is 15.4 Å². The number of carbonyl (C=O) groups excluding carboxylic acids is 2. The zero-order chi connectivity index (χ0) is 21.1. The van der Waals surface area contributed by atoms with E-state index in [0.29, 0.717) is 17.1 Å². The summed E-state index contributed by atoms with van der Waals surface area (Å²) in [4.78, 5) is 24.6. The summed E-state index contributed by atoms with van der Waals surface area (Å²) >= 11 is 0. The molecule has 29 heavy (non-hydrogen) atoms. The van der Waals surface area contributed by atoms with Gasteiger partial charge in [-0.1, -0.05) is 0 Å². The molecule has 0 aliphatic rings. The number of hydrogen-bond donors (Lipinski definition) is 2. The highest BCUT2D eigenvalue weighted by atomic mass is 19.3. The minimum atomic E-state index is -2.70. The number of carbonyl (C=O) groups is 2. The van der Waals surface area contributed by atoms with Crippen LogP contribution in [0.3, 0.4) is 0 Å². The number of halogens is 2. The van der Waals surface area contributed by atoms with Crippen LogP contribution in [0.1, 0.15) is 41.3 Å². The molecular formula is C19H20F2N6O2. The third-order valence-electron chi connectivity index (χ3n) is 4.27. The third kappa shape index (κ3) is 4.65. The van der Waals surface area contributed by atoms with Gasteiger partial charge in [0.1, 0.15) is 11.7 Å². The smallest absolute Gasteiger partial charge is 0.282 e. The lowest BCUT2D eigenvalue weighted by molar-refractivity contribution is -0.119. The minimum absolute atomic E-state index is 0.288. The van der Waals surface area contributed by atoms with Gasteiger partial charge in [-0.15, -0.1) is 0 Å². The molecule has 8 nitrogen and oxygen atoms in total. The van der Waals surface area contributed by atoms with E-state index >= 15 is 0 Å². The van der Waals surface area contributed by atoms with Crippen LogP contribution in [0.15, 0.2) is 42.6 Å². The van der Waals surface area contributed by atoms with Crippen LogP contribution in [0, 0.1) is 6.92 Å². The molecule has 0 bridgehead atoms. The summed E-state index contributed by atoms with van der Waals surface area (Å²) in [6, 6.07) is 8.60. The predicted molar refractivity (Wildman–Crippen MR) is 103 cm³/mol. The first-order chi connectivity index (χ1) is 13.7. The number of aromatic nitrogens is 4. The summed E-state index contributed by atoms with van der Waals surface area (Å²) in [5, 5.41) is 13.2. The fraction of sp³-hybridized carbons (Fsp3) is 0.263. The summed E-state index contributed by atoms with van der Waals surface area (Å²) in [5.74, 6) is -0.748. The number of alkyl halides is 2. The molecule has 2 amide bonds. The van der Waals surface area contributed by atoms with Gasteiger partial charge < -0.3 is 10.6 Å². The molecule has 0 aliphatic heterocycles. The van der Waals surface area contributed by atoms with Gasteiger partial charge in [0.05, 0.1) is 0 Å². The monoisotopic (exact) mass is 402 g/mol. The van der Waals surface area contributed by atoms with Crippen LogP contribution < -0.4 is 10.6 Å². The number of aryl methyl sites for hydroxylation is 2. The van der Waals surface area contributed by atoms with E-state index in [2.05, 4.69) is 20.8 Å². The van der Waals surface area contributed by atoms with Crippen LogP contribution in [0.2, 0.25) is 0 Å². The van der Waals surface area contributed by atoms with Crippen molar-refractivity contribution >= 4 is 23.2 Å². The normalized spacial score (nSPS) is 12.1. The standard InChI is InChI=1S/C19H20F2N6O2/c1-11-10-16(17(20)21)25-27(11)12(2)18(28)22-13-4-6-14(7-5-13)23-19(29)15-8-9-26(3)24-15/h4-10,12,17H,1-3H3,(H,22,28)(H,23,29). The SMILES string of the molecule is Cc1cc(C(F)F)nn1C(C)C(=O)Nc1ccc(NC(=O)c2ccn(C)n2)cc1. The van der Waals surface area contributed by atoms with Gasteiger partial charge in [-0.25, -0.2) is 8.78 Å². The molecule has 3 aromatic rings. The van der Waals surface area contributed by atoms with E-state index in [1.807, 2.05) is 0 Å². The van der Waals surface area contributed by atoms with Crippen LogP contribution in [-0.4, -0.2) is 31.4 Å². The fourth-order valence-electron chi connectivity index (χ4n) is 2.74.